The molecule has 0 spiro atoms. The fourth-order valence-corrected chi connectivity index (χ4v) is 2.78. The van der Waals surface area contributed by atoms with Crippen molar-refractivity contribution in [1.29, 1.82) is 0 Å². The molecule has 2 aromatic carbocycles. The second kappa shape index (κ2) is 10.8. The van der Waals surface area contributed by atoms with E-state index in [2.05, 4.69) is 15.2 Å². The van der Waals surface area contributed by atoms with Gasteiger partial charge < -0.3 is 15.1 Å². The molecule has 0 aliphatic rings. The molecule has 148 valence electrons. The van der Waals surface area contributed by atoms with Crippen LogP contribution >= 0.6 is 0 Å². The van der Waals surface area contributed by atoms with Crippen molar-refractivity contribution in [2.75, 3.05) is 31.2 Å². The number of rotatable bonds is 9. The molecular formula is C23H24N4O2. The van der Waals surface area contributed by atoms with Gasteiger partial charge >= 0.3 is 0 Å². The normalized spacial score (nSPS) is 11.4. The van der Waals surface area contributed by atoms with Gasteiger partial charge in [-0.1, -0.05) is 24.3 Å². The number of benzene rings is 2. The van der Waals surface area contributed by atoms with Crippen molar-refractivity contribution in [1.82, 2.24) is 4.98 Å². The lowest BCUT2D eigenvalue weighted by atomic mass is 10.1. The summed E-state index contributed by atoms with van der Waals surface area (Å²) in [6.45, 7) is 1.02. The molecule has 6 nitrogen and oxygen atoms in total. The monoisotopic (exact) mass is 388 g/mol. The molecule has 0 atom stereocenters. The van der Waals surface area contributed by atoms with E-state index in [0.29, 0.717) is 13.1 Å². The molecule has 29 heavy (non-hydrogen) atoms. The first-order valence-corrected chi connectivity index (χ1v) is 9.45. The first-order valence-electron chi connectivity index (χ1n) is 9.45. The molecule has 0 bridgehead atoms. The van der Waals surface area contributed by atoms with E-state index in [1.54, 1.807) is 12.4 Å². The van der Waals surface area contributed by atoms with E-state index in [4.69, 9.17) is 10.2 Å². The van der Waals surface area contributed by atoms with Gasteiger partial charge in [-0.15, -0.1) is 0 Å². The summed E-state index contributed by atoms with van der Waals surface area (Å²) in [7, 11) is 0. The van der Waals surface area contributed by atoms with Gasteiger partial charge in [0.1, 0.15) is 0 Å². The quantitative estimate of drug-likeness (QED) is 0.530. The third-order valence-electron chi connectivity index (χ3n) is 4.30. The molecule has 3 aromatic rings. The van der Waals surface area contributed by atoms with Crippen LogP contribution in [0.25, 0.3) is 12.2 Å². The summed E-state index contributed by atoms with van der Waals surface area (Å²) in [4.78, 5) is 5.92. The van der Waals surface area contributed by atoms with Crippen LogP contribution in [0, 0.1) is 0 Å². The van der Waals surface area contributed by atoms with E-state index in [0.717, 1.165) is 28.2 Å². The fourth-order valence-electron chi connectivity index (χ4n) is 2.78. The zero-order valence-corrected chi connectivity index (χ0v) is 16.1. The van der Waals surface area contributed by atoms with Crippen molar-refractivity contribution < 1.29 is 10.2 Å². The molecule has 2 N–H and O–H groups in total. The average Bonchev–Trinajstić information content (AvgIpc) is 2.78. The van der Waals surface area contributed by atoms with Crippen LogP contribution in [0.3, 0.4) is 0 Å². The van der Waals surface area contributed by atoms with Gasteiger partial charge in [0.25, 0.3) is 0 Å². The zero-order chi connectivity index (χ0) is 20.3. The number of pyridine rings is 1. The van der Waals surface area contributed by atoms with Crippen LogP contribution < -0.4 is 4.90 Å². The topological polar surface area (TPSA) is 81.3 Å². The Morgan fingerprint density at radius 3 is 1.69 bits per heavy atom. The average molecular weight is 388 g/mol. The van der Waals surface area contributed by atoms with Crippen molar-refractivity contribution in [3.8, 4) is 0 Å². The van der Waals surface area contributed by atoms with Crippen molar-refractivity contribution in [2.45, 2.75) is 0 Å². The van der Waals surface area contributed by atoms with E-state index in [-0.39, 0.29) is 13.2 Å². The van der Waals surface area contributed by atoms with E-state index in [1.807, 2.05) is 77.7 Å². The Morgan fingerprint density at radius 2 is 1.17 bits per heavy atom. The van der Waals surface area contributed by atoms with Gasteiger partial charge in [-0.25, -0.2) is 0 Å². The summed E-state index contributed by atoms with van der Waals surface area (Å²) in [5.74, 6) is 0. The molecule has 0 fully saturated rings. The molecule has 0 saturated heterocycles. The summed E-state index contributed by atoms with van der Waals surface area (Å²) >= 11 is 0. The first kappa shape index (κ1) is 20.4. The first-order chi connectivity index (χ1) is 14.3. The maximum atomic E-state index is 9.14. The third kappa shape index (κ3) is 6.34. The molecule has 1 aromatic heterocycles. The smallest absolute Gasteiger partial charge is 0.0858 e. The van der Waals surface area contributed by atoms with Crippen LogP contribution in [0.2, 0.25) is 0 Å². The van der Waals surface area contributed by atoms with Gasteiger partial charge in [0.05, 0.1) is 24.6 Å². The number of anilines is 1. The van der Waals surface area contributed by atoms with E-state index < -0.39 is 0 Å². The predicted octanol–water partition coefficient (Wildman–Crippen LogP) is 4.46. The molecule has 0 radical (unpaired) electrons. The Hall–Kier alpha value is -3.35. The van der Waals surface area contributed by atoms with Crippen LogP contribution in [-0.2, 0) is 0 Å². The number of nitrogens with zero attached hydrogens (tertiary/aromatic N) is 4. The van der Waals surface area contributed by atoms with Crippen molar-refractivity contribution in [2.24, 2.45) is 10.2 Å². The highest BCUT2D eigenvalue weighted by Crippen LogP contribution is 2.22. The van der Waals surface area contributed by atoms with Gasteiger partial charge in [0, 0.05) is 31.2 Å². The molecule has 3 rings (SSSR count). The lowest BCUT2D eigenvalue weighted by Gasteiger charge is -2.22. The number of aliphatic hydroxyl groups is 2. The van der Waals surface area contributed by atoms with Gasteiger partial charge in [-0.3, -0.25) is 4.98 Å². The SMILES string of the molecule is OCCN(CCO)c1ccc(N=Nc2ccc(/C=C/c3ccncc3)cc2)cc1. The van der Waals surface area contributed by atoms with E-state index in [1.165, 1.54) is 0 Å². The van der Waals surface area contributed by atoms with Gasteiger partial charge in [-0.05, 0) is 59.7 Å². The standard InChI is InChI=1S/C23H24N4O2/c28-17-15-27(16-18-29)23-9-7-22(8-10-23)26-25-21-5-3-19(4-6-21)1-2-20-11-13-24-14-12-20/h1-14,28-29H,15-18H2/b2-1+,26-25?. The second-order valence-electron chi connectivity index (χ2n) is 6.36. The van der Waals surface area contributed by atoms with Crippen LogP contribution in [0.1, 0.15) is 11.1 Å². The molecule has 0 aliphatic heterocycles. The van der Waals surface area contributed by atoms with Crippen molar-refractivity contribution in [3.63, 3.8) is 0 Å². The minimum Gasteiger partial charge on any atom is -0.395 e. The molecule has 0 saturated carbocycles. The van der Waals surface area contributed by atoms with Gasteiger partial charge in [-0.2, -0.15) is 10.2 Å². The maximum Gasteiger partial charge on any atom is 0.0858 e. The van der Waals surface area contributed by atoms with E-state index in [9.17, 15) is 0 Å². The largest absolute Gasteiger partial charge is 0.395 e. The fraction of sp³-hybridized carbons (Fsp3) is 0.174. The molecule has 0 aliphatic carbocycles. The van der Waals surface area contributed by atoms with Crippen molar-refractivity contribution >= 4 is 29.2 Å². The summed E-state index contributed by atoms with van der Waals surface area (Å²) < 4.78 is 0. The predicted molar refractivity (Wildman–Crippen MR) is 117 cm³/mol. The lowest BCUT2D eigenvalue weighted by Crippen LogP contribution is -2.29. The van der Waals surface area contributed by atoms with Gasteiger partial charge in [0.2, 0.25) is 0 Å². The Labute approximate surface area is 170 Å². The lowest BCUT2D eigenvalue weighted by molar-refractivity contribution is 0.281. The van der Waals surface area contributed by atoms with Crippen molar-refractivity contribution in [3.05, 3.63) is 84.2 Å². The minimum absolute atomic E-state index is 0.0369. The molecule has 6 heteroatoms. The van der Waals surface area contributed by atoms with Crippen LogP contribution in [0.4, 0.5) is 17.1 Å². The Balaban J connectivity index is 1.61. The summed E-state index contributed by atoms with van der Waals surface area (Å²) in [6.07, 6.45) is 7.62. The Morgan fingerprint density at radius 1 is 0.690 bits per heavy atom. The molecular weight excluding hydrogens is 364 g/mol. The number of aromatic nitrogens is 1. The second-order valence-corrected chi connectivity index (χ2v) is 6.36. The van der Waals surface area contributed by atoms with Crippen LogP contribution in [0.15, 0.2) is 83.3 Å². The van der Waals surface area contributed by atoms with Gasteiger partial charge in [0.15, 0.2) is 0 Å². The summed E-state index contributed by atoms with van der Waals surface area (Å²) in [6, 6.07) is 19.3. The number of azo groups is 1. The van der Waals surface area contributed by atoms with E-state index >= 15 is 0 Å². The minimum atomic E-state index is 0.0369. The number of hydrogen-bond acceptors (Lipinski definition) is 6. The molecule has 0 unspecified atom stereocenters. The molecule has 0 amide bonds. The zero-order valence-electron chi connectivity index (χ0n) is 16.1. The number of hydrogen-bond donors (Lipinski definition) is 2. The highest BCUT2D eigenvalue weighted by Gasteiger charge is 2.04. The molecule has 1 heterocycles. The Kier molecular flexibility index (Phi) is 7.63. The summed E-state index contributed by atoms with van der Waals surface area (Å²) in [5, 5.41) is 26.8. The number of aliphatic hydroxyl groups excluding tert-OH is 2. The Bertz CT molecular complexity index is 917. The van der Waals surface area contributed by atoms with Crippen LogP contribution in [-0.4, -0.2) is 41.5 Å². The highest BCUT2D eigenvalue weighted by molar-refractivity contribution is 5.69. The maximum absolute atomic E-state index is 9.14. The highest BCUT2D eigenvalue weighted by atomic mass is 16.3. The summed E-state index contributed by atoms with van der Waals surface area (Å²) in [5.41, 5.74) is 4.62. The third-order valence-corrected chi connectivity index (χ3v) is 4.30. The van der Waals surface area contributed by atoms with Crippen LogP contribution in [0.5, 0.6) is 0 Å².